The van der Waals surface area contributed by atoms with Crippen LogP contribution in [0.4, 0.5) is 0 Å². The van der Waals surface area contributed by atoms with Crippen molar-refractivity contribution in [2.75, 3.05) is 7.11 Å². The quantitative estimate of drug-likeness (QED) is 0.795. The van der Waals surface area contributed by atoms with Crippen molar-refractivity contribution in [3.8, 4) is 0 Å². The van der Waals surface area contributed by atoms with Gasteiger partial charge in [-0.1, -0.05) is 18.2 Å². The largest absolute Gasteiger partial charge is 0.467 e. The number of benzene rings is 1. The first-order chi connectivity index (χ1) is 10.5. The molecule has 0 radical (unpaired) electrons. The van der Waals surface area contributed by atoms with Gasteiger partial charge in [-0.15, -0.1) is 0 Å². The van der Waals surface area contributed by atoms with Gasteiger partial charge in [-0.25, -0.2) is 9.78 Å². The summed E-state index contributed by atoms with van der Waals surface area (Å²) in [5.41, 5.74) is 0.494. The Morgan fingerprint density at radius 2 is 2.25 bits per heavy atom. The molecule has 6 heteroatoms. The van der Waals surface area contributed by atoms with Gasteiger partial charge in [0.25, 0.3) is 5.91 Å². The highest BCUT2D eigenvalue weighted by Crippen LogP contribution is 2.04. The van der Waals surface area contributed by atoms with Crippen LogP contribution < -0.4 is 5.32 Å². The first-order valence-electron chi connectivity index (χ1n) is 6.93. The minimum Gasteiger partial charge on any atom is -0.467 e. The summed E-state index contributed by atoms with van der Waals surface area (Å²) in [6.07, 6.45) is 1.22. The molecule has 6 nitrogen and oxygen atoms in total. The number of imidazole rings is 1. The SMILES string of the molecule is [2H][C@@H](c1cnc[nH]1)[C@@]([2H])(NC(=O)c1ccccc1)C(=O)OC. The van der Waals surface area contributed by atoms with Crippen LogP contribution in [0.25, 0.3) is 0 Å². The van der Waals surface area contributed by atoms with Crippen molar-refractivity contribution < 1.29 is 17.1 Å². The van der Waals surface area contributed by atoms with E-state index in [1.807, 2.05) is 0 Å². The summed E-state index contributed by atoms with van der Waals surface area (Å²) in [5.74, 6) is -1.68. The molecule has 0 saturated heterocycles. The number of hydrogen-bond donors (Lipinski definition) is 2. The number of aromatic amines is 1. The Bertz CT molecular complexity index is 649. The van der Waals surface area contributed by atoms with Gasteiger partial charge < -0.3 is 15.0 Å². The number of carbonyl (C=O) groups is 2. The average molecular weight is 275 g/mol. The van der Waals surface area contributed by atoms with Gasteiger partial charge in [0.1, 0.15) is 6.02 Å². The number of nitrogens with zero attached hydrogens (tertiary/aromatic N) is 1. The Morgan fingerprint density at radius 1 is 1.50 bits per heavy atom. The van der Waals surface area contributed by atoms with Crippen molar-refractivity contribution in [3.63, 3.8) is 0 Å². The molecule has 2 rings (SSSR count). The van der Waals surface area contributed by atoms with Gasteiger partial charge in [0.05, 0.1) is 14.8 Å². The highest BCUT2D eigenvalue weighted by atomic mass is 16.5. The lowest BCUT2D eigenvalue weighted by Crippen LogP contribution is -2.43. The smallest absolute Gasteiger partial charge is 0.328 e. The Balaban J connectivity index is 2.30. The zero-order valence-corrected chi connectivity index (χ0v) is 10.8. The fourth-order valence-corrected chi connectivity index (χ4v) is 1.54. The molecular formula is C14H15N3O3. The van der Waals surface area contributed by atoms with Crippen LogP contribution in [0.2, 0.25) is 0 Å². The second-order valence-electron chi connectivity index (χ2n) is 3.88. The van der Waals surface area contributed by atoms with E-state index in [0.717, 1.165) is 7.11 Å². The van der Waals surface area contributed by atoms with E-state index in [2.05, 4.69) is 20.0 Å². The van der Waals surface area contributed by atoms with Crippen LogP contribution in [0.1, 0.15) is 18.8 Å². The maximum Gasteiger partial charge on any atom is 0.328 e. The topological polar surface area (TPSA) is 84.1 Å². The van der Waals surface area contributed by atoms with Gasteiger partial charge in [-0.05, 0) is 12.1 Å². The van der Waals surface area contributed by atoms with E-state index in [1.165, 1.54) is 12.5 Å². The molecule has 20 heavy (non-hydrogen) atoms. The summed E-state index contributed by atoms with van der Waals surface area (Å²) < 4.78 is 20.9. The number of amides is 1. The lowest BCUT2D eigenvalue weighted by molar-refractivity contribution is -0.142. The van der Waals surface area contributed by atoms with Crippen molar-refractivity contribution in [3.05, 3.63) is 54.1 Å². The number of hydrogen-bond acceptors (Lipinski definition) is 4. The number of nitrogens with one attached hydrogen (secondary N) is 2. The second kappa shape index (κ2) is 6.51. The fourth-order valence-electron chi connectivity index (χ4n) is 1.54. The lowest BCUT2D eigenvalue weighted by Gasteiger charge is -2.15. The van der Waals surface area contributed by atoms with Crippen molar-refractivity contribution >= 4 is 11.9 Å². The number of rotatable bonds is 5. The molecule has 1 heterocycles. The molecule has 1 amide bonds. The van der Waals surface area contributed by atoms with E-state index in [-0.39, 0.29) is 11.3 Å². The van der Waals surface area contributed by atoms with Crippen molar-refractivity contribution in [2.45, 2.75) is 12.4 Å². The zero-order chi connectivity index (χ0) is 16.2. The number of ether oxygens (including phenoxy) is 1. The van der Waals surface area contributed by atoms with E-state index in [9.17, 15) is 9.59 Å². The highest BCUT2D eigenvalue weighted by molar-refractivity contribution is 5.96. The van der Waals surface area contributed by atoms with Crippen molar-refractivity contribution in [2.24, 2.45) is 0 Å². The molecular weight excluding hydrogens is 258 g/mol. The maximum absolute atomic E-state index is 12.2. The molecule has 0 bridgehead atoms. The molecule has 0 aliphatic rings. The van der Waals surface area contributed by atoms with E-state index in [0.29, 0.717) is 0 Å². The molecule has 0 fully saturated rings. The first-order valence-corrected chi connectivity index (χ1v) is 5.85. The van der Waals surface area contributed by atoms with Crippen LogP contribution in [0.3, 0.4) is 0 Å². The minimum absolute atomic E-state index is 0.216. The average Bonchev–Trinajstić information content (AvgIpc) is 3.08. The van der Waals surface area contributed by atoms with Crippen molar-refractivity contribution in [1.82, 2.24) is 15.3 Å². The monoisotopic (exact) mass is 275 g/mol. The van der Waals surface area contributed by atoms with E-state index < -0.39 is 24.3 Å². The molecule has 104 valence electrons. The maximum atomic E-state index is 12.2. The Morgan fingerprint density at radius 3 is 2.85 bits per heavy atom. The second-order valence-corrected chi connectivity index (χ2v) is 3.88. The minimum atomic E-state index is -2.30. The molecule has 0 aliphatic carbocycles. The van der Waals surface area contributed by atoms with Gasteiger partial charge in [0, 0.05) is 25.2 Å². The van der Waals surface area contributed by atoms with E-state index in [4.69, 9.17) is 2.74 Å². The van der Waals surface area contributed by atoms with Gasteiger partial charge in [-0.2, -0.15) is 0 Å². The van der Waals surface area contributed by atoms with E-state index in [1.54, 1.807) is 30.3 Å². The summed E-state index contributed by atoms with van der Waals surface area (Å²) in [7, 11) is 1.10. The Kier molecular flexibility index (Phi) is 3.65. The van der Waals surface area contributed by atoms with E-state index >= 15 is 0 Å². The van der Waals surface area contributed by atoms with Gasteiger partial charge in [0.2, 0.25) is 0 Å². The summed E-state index contributed by atoms with van der Waals surface area (Å²) >= 11 is 0. The fraction of sp³-hybridized carbons (Fsp3) is 0.214. The molecule has 0 saturated carbocycles. The molecule has 0 unspecified atom stereocenters. The van der Waals surface area contributed by atoms with Gasteiger partial charge in [0.15, 0.2) is 0 Å². The van der Waals surface area contributed by atoms with Crippen molar-refractivity contribution in [1.29, 1.82) is 0 Å². The molecule has 0 spiro atoms. The van der Waals surface area contributed by atoms with Crippen LogP contribution in [0, 0.1) is 0 Å². The predicted molar refractivity (Wildman–Crippen MR) is 72.0 cm³/mol. The van der Waals surface area contributed by atoms with Gasteiger partial charge >= 0.3 is 5.97 Å². The normalized spacial score (nSPS) is 16.2. The number of H-pyrrole nitrogens is 1. The number of methoxy groups -OCH3 is 1. The molecule has 2 N–H and O–H groups in total. The van der Waals surface area contributed by atoms with Gasteiger partial charge in [-0.3, -0.25) is 4.79 Å². The number of esters is 1. The Labute approximate surface area is 119 Å². The van der Waals surface area contributed by atoms with Crippen LogP contribution in [-0.4, -0.2) is 35.0 Å². The summed E-state index contributed by atoms with van der Waals surface area (Å²) in [4.78, 5) is 30.6. The standard InChI is InChI=1S/C14H15N3O3/c1-20-14(19)12(7-11-8-15-9-16-11)17-13(18)10-5-3-2-4-6-10/h2-6,8-9,12H,7H2,1H3,(H,15,16)(H,17,18)/t12-/m1/s1/i7D,12D/t7-,12+/m0. The highest BCUT2D eigenvalue weighted by Gasteiger charge is 2.22. The predicted octanol–water partition coefficient (Wildman–Crippen LogP) is 0.924. The third-order valence-electron chi connectivity index (χ3n) is 2.51. The van der Waals surface area contributed by atoms with Crippen LogP contribution in [0.15, 0.2) is 42.9 Å². The Hall–Kier alpha value is -2.63. The molecule has 0 aliphatic heterocycles. The first kappa shape index (κ1) is 11.2. The van der Waals surface area contributed by atoms with Crippen LogP contribution >= 0.6 is 0 Å². The number of carbonyl (C=O) groups excluding carboxylic acids is 2. The summed E-state index contributed by atoms with van der Waals surface area (Å²) in [6, 6.07) is 5.85. The third-order valence-corrected chi connectivity index (χ3v) is 2.51. The zero-order valence-electron chi connectivity index (χ0n) is 12.8. The van der Waals surface area contributed by atoms with Crippen LogP contribution in [0.5, 0.6) is 0 Å². The molecule has 1 aromatic heterocycles. The van der Waals surface area contributed by atoms with Crippen LogP contribution in [-0.2, 0) is 15.9 Å². The summed E-state index contributed by atoms with van der Waals surface area (Å²) in [6.45, 7) is 0. The molecule has 2 aromatic rings. The lowest BCUT2D eigenvalue weighted by atomic mass is 10.1. The third kappa shape index (κ3) is 3.44. The number of aromatic nitrogens is 2. The molecule has 1 aromatic carbocycles. The molecule has 2 atom stereocenters. The summed E-state index contributed by atoms with van der Waals surface area (Å²) in [5, 5.41) is 2.27.